The smallest absolute Gasteiger partial charge is 0.253 e. The van der Waals surface area contributed by atoms with Crippen LogP contribution in [0, 0.1) is 5.92 Å². The van der Waals surface area contributed by atoms with Gasteiger partial charge in [0.2, 0.25) is 10.0 Å². The van der Waals surface area contributed by atoms with Crippen molar-refractivity contribution in [1.29, 1.82) is 0 Å². The Morgan fingerprint density at radius 3 is 2.50 bits per heavy atom. The summed E-state index contributed by atoms with van der Waals surface area (Å²) in [5.74, 6) is 0.437. The maximum Gasteiger partial charge on any atom is 0.253 e. The zero-order valence-electron chi connectivity index (χ0n) is 14.4. The summed E-state index contributed by atoms with van der Waals surface area (Å²) < 4.78 is 26.5. The molecule has 0 heterocycles. The molecule has 0 saturated heterocycles. The van der Waals surface area contributed by atoms with Crippen molar-refractivity contribution in [2.24, 2.45) is 5.92 Å². The van der Waals surface area contributed by atoms with Crippen molar-refractivity contribution in [1.82, 2.24) is 9.62 Å². The van der Waals surface area contributed by atoms with Crippen LogP contribution in [-0.4, -0.2) is 38.9 Å². The Morgan fingerprint density at radius 2 is 1.92 bits per heavy atom. The lowest BCUT2D eigenvalue weighted by molar-refractivity contribution is 0.0629. The highest BCUT2D eigenvalue weighted by atomic mass is 32.2. The molecule has 2 unspecified atom stereocenters. The predicted molar refractivity (Wildman–Crippen MR) is 95.3 cm³/mol. The van der Waals surface area contributed by atoms with Crippen LogP contribution in [0.2, 0.25) is 0 Å². The van der Waals surface area contributed by atoms with Gasteiger partial charge in [0.1, 0.15) is 0 Å². The van der Waals surface area contributed by atoms with Gasteiger partial charge in [-0.1, -0.05) is 25.8 Å². The molecule has 0 bridgehead atoms. The number of hydrogen-bond donors (Lipinski definition) is 1. The number of hydrogen-bond acceptors (Lipinski definition) is 3. The summed E-state index contributed by atoms with van der Waals surface area (Å²) in [5, 5.41) is 0. The molecule has 1 fully saturated rings. The van der Waals surface area contributed by atoms with Gasteiger partial charge in [0.05, 0.1) is 4.90 Å². The van der Waals surface area contributed by atoms with E-state index in [1.165, 1.54) is 24.6 Å². The van der Waals surface area contributed by atoms with Gasteiger partial charge in [-0.25, -0.2) is 13.1 Å². The molecule has 1 aromatic carbocycles. The second-order valence-electron chi connectivity index (χ2n) is 6.41. The number of sulfonamides is 1. The summed E-state index contributed by atoms with van der Waals surface area (Å²) in [7, 11) is -1.72. The number of amides is 1. The zero-order chi connectivity index (χ0) is 17.7. The van der Waals surface area contributed by atoms with E-state index in [1.54, 1.807) is 12.1 Å². The van der Waals surface area contributed by atoms with E-state index in [0.717, 1.165) is 19.3 Å². The normalized spacial score (nSPS) is 21.2. The van der Waals surface area contributed by atoms with Gasteiger partial charge in [0.15, 0.2) is 0 Å². The van der Waals surface area contributed by atoms with Crippen molar-refractivity contribution < 1.29 is 13.2 Å². The molecule has 132 valence electrons. The third kappa shape index (κ3) is 4.24. The van der Waals surface area contributed by atoms with E-state index in [-0.39, 0.29) is 23.4 Å². The molecule has 1 saturated carbocycles. The van der Waals surface area contributed by atoms with Gasteiger partial charge in [-0.05, 0) is 43.0 Å². The van der Waals surface area contributed by atoms with Gasteiger partial charge in [0, 0.05) is 25.2 Å². The fourth-order valence-corrected chi connectivity index (χ4v) is 4.25. The topological polar surface area (TPSA) is 66.5 Å². The van der Waals surface area contributed by atoms with Crippen LogP contribution in [0.4, 0.5) is 0 Å². The number of nitrogens with zero attached hydrogens (tertiary/aromatic N) is 1. The minimum Gasteiger partial charge on any atom is -0.338 e. The highest BCUT2D eigenvalue weighted by molar-refractivity contribution is 7.89. The van der Waals surface area contributed by atoms with Gasteiger partial charge < -0.3 is 4.90 Å². The van der Waals surface area contributed by atoms with Crippen molar-refractivity contribution in [2.75, 3.05) is 13.6 Å². The van der Waals surface area contributed by atoms with Crippen LogP contribution in [0.25, 0.3) is 0 Å². The molecule has 2 rings (SSSR count). The van der Waals surface area contributed by atoms with E-state index < -0.39 is 10.0 Å². The first-order valence-electron chi connectivity index (χ1n) is 8.34. The van der Waals surface area contributed by atoms with E-state index in [1.807, 2.05) is 11.9 Å². The van der Waals surface area contributed by atoms with Crippen molar-refractivity contribution in [2.45, 2.75) is 43.5 Å². The predicted octanol–water partition coefficient (Wildman–Crippen LogP) is 2.80. The Hall–Kier alpha value is -1.66. The monoisotopic (exact) mass is 350 g/mol. The van der Waals surface area contributed by atoms with E-state index in [0.29, 0.717) is 11.5 Å². The molecule has 1 amide bonds. The maximum absolute atomic E-state index is 12.7. The molecule has 5 nitrogen and oxygen atoms in total. The van der Waals surface area contributed by atoms with Gasteiger partial charge in [-0.3, -0.25) is 4.79 Å². The van der Waals surface area contributed by atoms with Crippen LogP contribution in [-0.2, 0) is 10.0 Å². The second-order valence-corrected chi connectivity index (χ2v) is 8.18. The third-order valence-electron chi connectivity index (χ3n) is 4.71. The number of benzene rings is 1. The molecule has 1 N–H and O–H groups in total. The van der Waals surface area contributed by atoms with Crippen LogP contribution >= 0.6 is 0 Å². The van der Waals surface area contributed by atoms with Gasteiger partial charge >= 0.3 is 0 Å². The maximum atomic E-state index is 12.7. The molecule has 1 aliphatic rings. The van der Waals surface area contributed by atoms with Crippen LogP contribution in [0.3, 0.4) is 0 Å². The minimum absolute atomic E-state index is 0.0586. The van der Waals surface area contributed by atoms with Crippen molar-refractivity contribution in [3.05, 3.63) is 42.5 Å². The van der Waals surface area contributed by atoms with Crippen molar-refractivity contribution >= 4 is 15.9 Å². The van der Waals surface area contributed by atoms with Crippen molar-refractivity contribution in [3.63, 3.8) is 0 Å². The Bertz CT molecular complexity index is 683. The molecule has 0 aliphatic heterocycles. The first-order valence-corrected chi connectivity index (χ1v) is 9.83. The lowest BCUT2D eigenvalue weighted by Crippen LogP contribution is -2.42. The van der Waals surface area contributed by atoms with Crippen LogP contribution < -0.4 is 4.72 Å². The van der Waals surface area contributed by atoms with E-state index >= 15 is 0 Å². The highest BCUT2D eigenvalue weighted by Gasteiger charge is 2.28. The number of carbonyl (C=O) groups excluding carboxylic acids is 1. The summed E-state index contributed by atoms with van der Waals surface area (Å²) in [6.07, 6.45) is 6.04. The first-order chi connectivity index (χ1) is 11.4. The van der Waals surface area contributed by atoms with E-state index in [9.17, 15) is 13.2 Å². The van der Waals surface area contributed by atoms with Gasteiger partial charge in [0.25, 0.3) is 5.91 Å². The third-order valence-corrected chi connectivity index (χ3v) is 6.15. The average molecular weight is 350 g/mol. The molecular formula is C18H26N2O3S. The quantitative estimate of drug-likeness (QED) is 0.802. The number of carbonyl (C=O) groups is 1. The summed E-state index contributed by atoms with van der Waals surface area (Å²) in [5.41, 5.74) is 0.512. The van der Waals surface area contributed by atoms with Gasteiger partial charge in [-0.15, -0.1) is 6.58 Å². The molecular weight excluding hydrogens is 324 g/mol. The molecule has 6 heteroatoms. The molecule has 1 aromatic rings. The first kappa shape index (κ1) is 18.7. The fourth-order valence-electron chi connectivity index (χ4n) is 3.25. The molecule has 24 heavy (non-hydrogen) atoms. The van der Waals surface area contributed by atoms with Crippen LogP contribution in [0.15, 0.2) is 41.8 Å². The second kappa shape index (κ2) is 7.94. The van der Waals surface area contributed by atoms with E-state index in [2.05, 4.69) is 18.2 Å². The molecule has 0 spiro atoms. The standard InChI is InChI=1S/C18H26N2O3S/c1-4-13-19-24(22,23)16-11-9-15(10-12-16)18(21)20(3)17-8-6-5-7-14(17)2/h4,9-12,14,17,19H,1,5-8,13H2,2-3H3. The van der Waals surface area contributed by atoms with Crippen LogP contribution in [0.1, 0.15) is 43.0 Å². The summed E-state index contributed by atoms with van der Waals surface area (Å²) in [6.45, 7) is 5.85. The average Bonchev–Trinajstić information content (AvgIpc) is 2.59. The van der Waals surface area contributed by atoms with Crippen molar-refractivity contribution in [3.8, 4) is 0 Å². The highest BCUT2D eigenvalue weighted by Crippen LogP contribution is 2.28. The summed E-state index contributed by atoms with van der Waals surface area (Å²) in [4.78, 5) is 14.6. The SMILES string of the molecule is C=CCNS(=O)(=O)c1ccc(C(=O)N(C)C2CCCCC2C)cc1. The summed E-state index contributed by atoms with van der Waals surface area (Å²) >= 11 is 0. The largest absolute Gasteiger partial charge is 0.338 e. The fraction of sp³-hybridized carbons (Fsp3) is 0.500. The van der Waals surface area contributed by atoms with Gasteiger partial charge in [-0.2, -0.15) is 0 Å². The molecule has 0 aromatic heterocycles. The number of rotatable bonds is 6. The Morgan fingerprint density at radius 1 is 1.29 bits per heavy atom. The molecule has 0 radical (unpaired) electrons. The zero-order valence-corrected chi connectivity index (χ0v) is 15.2. The molecule has 1 aliphatic carbocycles. The Balaban J connectivity index is 2.12. The van der Waals surface area contributed by atoms with Crippen LogP contribution in [0.5, 0.6) is 0 Å². The Labute approximate surface area is 144 Å². The molecule has 2 atom stereocenters. The lowest BCUT2D eigenvalue weighted by Gasteiger charge is -2.36. The number of nitrogens with one attached hydrogen (secondary N) is 1. The summed E-state index contributed by atoms with van der Waals surface area (Å²) in [6, 6.07) is 6.35. The lowest BCUT2D eigenvalue weighted by atomic mass is 9.85. The minimum atomic E-state index is -3.56. The Kier molecular flexibility index (Phi) is 6.18. The van der Waals surface area contributed by atoms with E-state index in [4.69, 9.17) is 0 Å².